The van der Waals surface area contributed by atoms with Crippen LogP contribution in [0.15, 0.2) is 46.2 Å². The maximum absolute atomic E-state index is 10.4. The van der Waals surface area contributed by atoms with Crippen molar-refractivity contribution < 1.29 is 31.7 Å². The van der Waals surface area contributed by atoms with Crippen LogP contribution in [0.5, 0.6) is 0 Å². The Morgan fingerprint density at radius 2 is 1.29 bits per heavy atom. The predicted octanol–water partition coefficient (Wildman–Crippen LogP) is 9.80. The van der Waals surface area contributed by atoms with E-state index in [0.717, 1.165) is 58.0 Å². The van der Waals surface area contributed by atoms with Gasteiger partial charge in [-0.1, -0.05) is 132 Å². The van der Waals surface area contributed by atoms with Crippen molar-refractivity contribution >= 4 is 21.5 Å². The van der Waals surface area contributed by atoms with Crippen LogP contribution in [0.25, 0.3) is 0 Å². The van der Waals surface area contributed by atoms with Crippen molar-refractivity contribution in [3.8, 4) is 0 Å². The average molecular weight is 710 g/mol. The molecular formula is C39H67NO6S2. The smallest absolute Gasteiger partial charge is 0.224 e. The van der Waals surface area contributed by atoms with Gasteiger partial charge >= 0.3 is 0 Å². The number of aromatic nitrogens is 1. The van der Waals surface area contributed by atoms with Crippen molar-refractivity contribution in [3.63, 3.8) is 0 Å². The molecule has 1 fully saturated rings. The molecule has 0 amide bonds. The van der Waals surface area contributed by atoms with Gasteiger partial charge in [-0.2, -0.15) is 4.57 Å². The van der Waals surface area contributed by atoms with Crippen LogP contribution in [0.4, 0.5) is 0 Å². The summed E-state index contributed by atoms with van der Waals surface area (Å²) in [6.07, 6.45) is 29.7. The second-order valence-electron chi connectivity index (χ2n) is 13.6. The molecule has 1 aromatic carbocycles. The number of hydrogen-bond donors (Lipinski definition) is 0. The van der Waals surface area contributed by atoms with Crippen LogP contribution in [-0.4, -0.2) is 52.1 Å². The highest BCUT2D eigenvalue weighted by Gasteiger charge is 2.25. The van der Waals surface area contributed by atoms with Crippen LogP contribution in [0.1, 0.15) is 141 Å². The van der Waals surface area contributed by atoms with E-state index in [1.165, 1.54) is 128 Å². The zero-order valence-corrected chi connectivity index (χ0v) is 31.9. The summed E-state index contributed by atoms with van der Waals surface area (Å²) in [6, 6.07) is 5.78. The third-order valence-corrected chi connectivity index (χ3v) is 10.5. The van der Waals surface area contributed by atoms with E-state index < -0.39 is 10.1 Å². The third-order valence-electron chi connectivity index (χ3n) is 9.01. The Bertz CT molecular complexity index is 1090. The molecule has 0 saturated carbocycles. The molecule has 2 aromatic rings. The first-order chi connectivity index (χ1) is 23.4. The molecule has 48 heavy (non-hydrogen) atoms. The highest BCUT2D eigenvalue weighted by atomic mass is 32.2. The van der Waals surface area contributed by atoms with Crippen LogP contribution < -0.4 is 4.57 Å². The van der Waals surface area contributed by atoms with Gasteiger partial charge in [-0.25, -0.2) is 8.42 Å². The van der Waals surface area contributed by atoms with E-state index in [1.807, 2.05) is 6.92 Å². The zero-order chi connectivity index (χ0) is 34.5. The SMILES string of the molecule is CCCCCCCCCCCCCCCCCCOC[C@H]1C[C@H](COCCCCC[n+]2ccsc2)CO1.Cc1ccc(S(=O)(=O)[O-])cc1. The third kappa shape index (κ3) is 23.1. The number of thiazole rings is 1. The zero-order valence-electron chi connectivity index (χ0n) is 30.3. The molecule has 2 atom stereocenters. The van der Waals surface area contributed by atoms with Gasteiger partial charge in [0.15, 0.2) is 6.20 Å². The van der Waals surface area contributed by atoms with Crippen molar-refractivity contribution in [3.05, 3.63) is 46.9 Å². The van der Waals surface area contributed by atoms with Gasteiger partial charge in [-0.05, 0) is 44.7 Å². The minimum Gasteiger partial charge on any atom is -0.744 e. The minimum absolute atomic E-state index is 0.178. The first kappa shape index (κ1) is 42.8. The van der Waals surface area contributed by atoms with Crippen molar-refractivity contribution in [1.82, 2.24) is 0 Å². The number of ether oxygens (including phenoxy) is 3. The van der Waals surface area contributed by atoms with Gasteiger partial charge in [0.25, 0.3) is 0 Å². The lowest BCUT2D eigenvalue weighted by Crippen LogP contribution is -2.29. The molecule has 0 aliphatic carbocycles. The quantitative estimate of drug-likeness (QED) is 0.0497. The molecule has 0 unspecified atom stereocenters. The molecule has 7 nitrogen and oxygen atoms in total. The Hall–Kier alpha value is -1.36. The van der Waals surface area contributed by atoms with Crippen LogP contribution in [0, 0.1) is 12.8 Å². The largest absolute Gasteiger partial charge is 0.744 e. The summed E-state index contributed by atoms with van der Waals surface area (Å²) in [6.45, 7) is 9.45. The highest BCUT2D eigenvalue weighted by molar-refractivity contribution is 7.85. The summed E-state index contributed by atoms with van der Waals surface area (Å²) in [5.74, 6) is 0.547. The molecule has 276 valence electrons. The maximum Gasteiger partial charge on any atom is 0.224 e. The fourth-order valence-electron chi connectivity index (χ4n) is 6.00. The molecule has 9 heteroatoms. The molecular weight excluding hydrogens is 643 g/mol. The Labute approximate surface area is 297 Å². The first-order valence-corrected chi connectivity index (χ1v) is 21.4. The molecule has 1 aliphatic rings. The van der Waals surface area contributed by atoms with Gasteiger partial charge in [0.1, 0.15) is 16.7 Å². The Morgan fingerprint density at radius 3 is 1.81 bits per heavy atom. The van der Waals surface area contributed by atoms with Gasteiger partial charge in [-0.15, -0.1) is 0 Å². The second-order valence-corrected chi connectivity index (χ2v) is 15.7. The van der Waals surface area contributed by atoms with Crippen LogP contribution >= 0.6 is 11.3 Å². The summed E-state index contributed by atoms with van der Waals surface area (Å²) >= 11 is 1.76. The Kier molecular flexibility index (Phi) is 25.3. The molecule has 1 saturated heterocycles. The number of benzene rings is 1. The molecule has 0 radical (unpaired) electrons. The monoisotopic (exact) mass is 709 g/mol. The molecule has 1 aromatic heterocycles. The summed E-state index contributed by atoms with van der Waals surface area (Å²) in [4.78, 5) is -0.178. The molecule has 1 aliphatic heterocycles. The number of nitrogens with zero attached hydrogens (tertiary/aromatic N) is 1. The van der Waals surface area contributed by atoms with Gasteiger partial charge < -0.3 is 18.8 Å². The molecule has 0 spiro atoms. The van der Waals surface area contributed by atoms with Crippen LogP contribution in [0.2, 0.25) is 0 Å². The molecule has 2 heterocycles. The van der Waals surface area contributed by atoms with Crippen molar-refractivity contribution in [1.29, 1.82) is 0 Å². The lowest BCUT2D eigenvalue weighted by Gasteiger charge is -2.11. The van der Waals surface area contributed by atoms with E-state index in [-0.39, 0.29) is 11.0 Å². The predicted molar refractivity (Wildman–Crippen MR) is 197 cm³/mol. The summed E-state index contributed by atoms with van der Waals surface area (Å²) in [5, 5.41) is 2.13. The number of hydrogen-bond acceptors (Lipinski definition) is 7. The average Bonchev–Trinajstić information content (AvgIpc) is 3.76. The van der Waals surface area contributed by atoms with E-state index >= 15 is 0 Å². The lowest BCUT2D eigenvalue weighted by molar-refractivity contribution is -0.692. The van der Waals surface area contributed by atoms with Crippen LogP contribution in [-0.2, 0) is 30.9 Å². The van der Waals surface area contributed by atoms with E-state index in [1.54, 1.807) is 23.5 Å². The fraction of sp³-hybridized carbons (Fsp3) is 0.769. The Balaban J connectivity index is 0.000000613. The minimum atomic E-state index is -4.27. The van der Waals surface area contributed by atoms with Gasteiger partial charge in [-0.3, -0.25) is 0 Å². The molecule has 0 N–H and O–H groups in total. The highest BCUT2D eigenvalue weighted by Crippen LogP contribution is 2.21. The number of rotatable bonds is 28. The van der Waals surface area contributed by atoms with Crippen molar-refractivity contribution in [2.75, 3.05) is 33.0 Å². The maximum atomic E-state index is 10.4. The van der Waals surface area contributed by atoms with Crippen molar-refractivity contribution in [2.24, 2.45) is 5.92 Å². The standard InChI is InChI=1S/C32H60NO3S.C7H8O3S/c1-2-3-4-5-6-7-8-9-10-11-12-13-14-15-16-19-24-35-29-32-26-31(28-36-32)27-34-23-20-17-18-21-33-22-25-37-30-33;1-6-2-4-7(5-3-6)11(8,9)10/h22,25,30-32H,2-21,23-24,26-29H2,1H3;2-5H,1H3,(H,8,9,10)/q+1;/p-1/t31-,32-;/m1./s1. The molecule has 3 rings (SSSR count). The second kappa shape index (κ2) is 28.3. The lowest BCUT2D eigenvalue weighted by atomic mass is 10.0. The van der Waals surface area contributed by atoms with E-state index in [0.29, 0.717) is 5.92 Å². The van der Waals surface area contributed by atoms with Gasteiger partial charge in [0, 0.05) is 25.6 Å². The van der Waals surface area contributed by atoms with Gasteiger partial charge in [0.05, 0.1) is 36.2 Å². The summed E-state index contributed by atoms with van der Waals surface area (Å²) in [5.41, 5.74) is 3.11. The van der Waals surface area contributed by atoms with Crippen molar-refractivity contribution in [2.45, 2.75) is 160 Å². The molecule has 0 bridgehead atoms. The van der Waals surface area contributed by atoms with E-state index in [4.69, 9.17) is 14.2 Å². The number of unbranched alkanes of at least 4 members (excludes halogenated alkanes) is 17. The summed E-state index contributed by atoms with van der Waals surface area (Å²) < 4.78 is 51.2. The van der Waals surface area contributed by atoms with E-state index in [2.05, 4.69) is 28.6 Å². The van der Waals surface area contributed by atoms with Gasteiger partial charge in [0.2, 0.25) is 5.51 Å². The van der Waals surface area contributed by atoms with Crippen LogP contribution in [0.3, 0.4) is 0 Å². The normalized spacial score (nSPS) is 16.2. The Morgan fingerprint density at radius 1 is 0.771 bits per heavy atom. The van der Waals surface area contributed by atoms with E-state index in [9.17, 15) is 13.0 Å². The number of aryl methyl sites for hydroxylation is 2. The topological polar surface area (TPSA) is 88.8 Å². The summed E-state index contributed by atoms with van der Waals surface area (Å²) in [7, 11) is -4.27. The first-order valence-electron chi connectivity index (χ1n) is 19.1. The fourth-order valence-corrected chi connectivity index (χ4v) is 7.10.